The van der Waals surface area contributed by atoms with Crippen molar-refractivity contribution in [3.63, 3.8) is 0 Å². The molecule has 1 amide bonds. The fraction of sp³-hybridized carbons (Fsp3) is 0.750. The maximum absolute atomic E-state index is 11.6. The Morgan fingerprint density at radius 3 is 2.73 bits per heavy atom. The predicted octanol–water partition coefficient (Wildman–Crippen LogP) is 1.57. The molecule has 1 heterocycles. The van der Waals surface area contributed by atoms with Crippen LogP contribution in [0.3, 0.4) is 0 Å². The molecule has 3 heteroatoms. The summed E-state index contributed by atoms with van der Waals surface area (Å²) >= 11 is 0. The molecule has 0 aromatic rings. The minimum Gasteiger partial charge on any atom is -0.390 e. The smallest absolute Gasteiger partial charge is 0.246 e. The molecule has 86 valence electrons. The Morgan fingerprint density at radius 1 is 1.53 bits per heavy atom. The highest BCUT2D eigenvalue weighted by Gasteiger charge is 2.32. The van der Waals surface area contributed by atoms with Crippen LogP contribution in [0.5, 0.6) is 0 Å². The molecule has 1 N–H and O–H groups in total. The first-order valence-corrected chi connectivity index (χ1v) is 5.59. The minimum atomic E-state index is -0.686. The number of nitrogens with zero attached hydrogens (tertiary/aromatic N) is 1. The predicted molar refractivity (Wildman–Crippen MR) is 60.4 cm³/mol. The summed E-state index contributed by atoms with van der Waals surface area (Å²) in [4.78, 5) is 13.5. The molecule has 1 atom stereocenters. The maximum atomic E-state index is 11.6. The standard InChI is InChI=1S/C12H21NO2/c1-4-6-11(14)13-8-5-7-10(9-13)12(2,3)15/h4,6,10,15H,5,7-9H2,1-3H3/b6-4+. The van der Waals surface area contributed by atoms with Crippen molar-refractivity contribution < 1.29 is 9.90 Å². The van der Waals surface area contributed by atoms with E-state index in [2.05, 4.69) is 0 Å². The van der Waals surface area contributed by atoms with E-state index in [0.29, 0.717) is 6.54 Å². The van der Waals surface area contributed by atoms with Crippen LogP contribution < -0.4 is 0 Å². The van der Waals surface area contributed by atoms with Gasteiger partial charge in [0.15, 0.2) is 0 Å². The lowest BCUT2D eigenvalue weighted by Gasteiger charge is -2.38. The quantitative estimate of drug-likeness (QED) is 0.704. The molecule has 0 bridgehead atoms. The zero-order chi connectivity index (χ0) is 11.5. The van der Waals surface area contributed by atoms with Gasteiger partial charge >= 0.3 is 0 Å². The first-order valence-electron chi connectivity index (χ1n) is 5.59. The maximum Gasteiger partial charge on any atom is 0.246 e. The fourth-order valence-electron chi connectivity index (χ4n) is 2.00. The summed E-state index contributed by atoms with van der Waals surface area (Å²) in [5.41, 5.74) is -0.686. The van der Waals surface area contributed by atoms with Crippen molar-refractivity contribution in [1.82, 2.24) is 4.90 Å². The van der Waals surface area contributed by atoms with Gasteiger partial charge < -0.3 is 10.0 Å². The van der Waals surface area contributed by atoms with Crippen molar-refractivity contribution in [2.45, 2.75) is 39.2 Å². The van der Waals surface area contributed by atoms with Crippen LogP contribution in [0.4, 0.5) is 0 Å². The molecular weight excluding hydrogens is 190 g/mol. The second-order valence-corrected chi connectivity index (χ2v) is 4.78. The van der Waals surface area contributed by atoms with E-state index in [1.165, 1.54) is 0 Å². The van der Waals surface area contributed by atoms with Crippen LogP contribution in [0.25, 0.3) is 0 Å². The molecule has 1 saturated heterocycles. The SMILES string of the molecule is C/C=C/C(=O)N1CCCC(C(C)(C)O)C1. The van der Waals surface area contributed by atoms with E-state index in [9.17, 15) is 9.90 Å². The van der Waals surface area contributed by atoms with E-state index in [1.807, 2.05) is 25.7 Å². The molecule has 1 fully saturated rings. The summed E-state index contributed by atoms with van der Waals surface area (Å²) in [6.45, 7) is 6.97. The van der Waals surface area contributed by atoms with E-state index in [1.54, 1.807) is 12.2 Å². The average Bonchev–Trinajstić information content (AvgIpc) is 2.17. The molecule has 0 radical (unpaired) electrons. The van der Waals surface area contributed by atoms with E-state index in [0.717, 1.165) is 19.4 Å². The molecular formula is C12H21NO2. The Balaban J connectivity index is 2.60. The third kappa shape index (κ3) is 3.34. The van der Waals surface area contributed by atoms with Gasteiger partial charge in [-0.25, -0.2) is 0 Å². The normalized spacial score (nSPS) is 23.5. The molecule has 0 aromatic heterocycles. The summed E-state index contributed by atoms with van der Waals surface area (Å²) in [5, 5.41) is 9.92. The Hall–Kier alpha value is -0.830. The van der Waals surface area contributed by atoms with Crippen LogP contribution >= 0.6 is 0 Å². The van der Waals surface area contributed by atoms with Gasteiger partial charge in [0, 0.05) is 19.0 Å². The molecule has 0 aliphatic carbocycles. The van der Waals surface area contributed by atoms with Gasteiger partial charge in [0.2, 0.25) is 5.91 Å². The highest BCUT2D eigenvalue weighted by molar-refractivity contribution is 5.87. The number of hydrogen-bond donors (Lipinski definition) is 1. The fourth-order valence-corrected chi connectivity index (χ4v) is 2.00. The molecule has 1 unspecified atom stereocenters. The first-order chi connectivity index (χ1) is 6.95. The number of hydrogen-bond acceptors (Lipinski definition) is 2. The van der Waals surface area contributed by atoms with Crippen LogP contribution in [0.2, 0.25) is 0 Å². The second kappa shape index (κ2) is 4.79. The van der Waals surface area contributed by atoms with E-state index >= 15 is 0 Å². The van der Waals surface area contributed by atoms with Crippen molar-refractivity contribution in [3.05, 3.63) is 12.2 Å². The van der Waals surface area contributed by atoms with Gasteiger partial charge in [-0.15, -0.1) is 0 Å². The number of carbonyl (C=O) groups is 1. The highest BCUT2D eigenvalue weighted by atomic mass is 16.3. The van der Waals surface area contributed by atoms with Crippen molar-refractivity contribution in [2.75, 3.05) is 13.1 Å². The zero-order valence-electron chi connectivity index (χ0n) is 9.86. The van der Waals surface area contributed by atoms with Crippen molar-refractivity contribution in [3.8, 4) is 0 Å². The van der Waals surface area contributed by atoms with Crippen LogP contribution in [0, 0.1) is 5.92 Å². The molecule has 0 spiro atoms. The number of rotatable bonds is 2. The average molecular weight is 211 g/mol. The monoisotopic (exact) mass is 211 g/mol. The highest BCUT2D eigenvalue weighted by Crippen LogP contribution is 2.26. The molecule has 1 aliphatic rings. The topological polar surface area (TPSA) is 40.5 Å². The van der Waals surface area contributed by atoms with Crippen LogP contribution in [-0.4, -0.2) is 34.6 Å². The van der Waals surface area contributed by atoms with Crippen LogP contribution in [-0.2, 0) is 4.79 Å². The van der Waals surface area contributed by atoms with Gasteiger partial charge in [0.25, 0.3) is 0 Å². The molecule has 15 heavy (non-hydrogen) atoms. The molecule has 0 aromatic carbocycles. The number of amides is 1. The van der Waals surface area contributed by atoms with Crippen LogP contribution in [0.1, 0.15) is 33.6 Å². The number of allylic oxidation sites excluding steroid dienone is 1. The third-order valence-corrected chi connectivity index (χ3v) is 3.04. The molecule has 3 nitrogen and oxygen atoms in total. The van der Waals surface area contributed by atoms with Crippen LogP contribution in [0.15, 0.2) is 12.2 Å². The lowest BCUT2D eigenvalue weighted by atomic mass is 9.84. The zero-order valence-corrected chi connectivity index (χ0v) is 9.86. The molecule has 1 aliphatic heterocycles. The number of likely N-dealkylation sites (tertiary alicyclic amines) is 1. The van der Waals surface area contributed by atoms with Gasteiger partial charge in [0.1, 0.15) is 0 Å². The molecule has 0 saturated carbocycles. The van der Waals surface area contributed by atoms with Gasteiger partial charge in [-0.2, -0.15) is 0 Å². The number of aliphatic hydroxyl groups is 1. The lowest BCUT2D eigenvalue weighted by Crippen LogP contribution is -2.46. The summed E-state index contributed by atoms with van der Waals surface area (Å²) in [6, 6.07) is 0. The Morgan fingerprint density at radius 2 is 2.20 bits per heavy atom. The van der Waals surface area contributed by atoms with Crippen molar-refractivity contribution >= 4 is 5.91 Å². The van der Waals surface area contributed by atoms with Gasteiger partial charge in [-0.1, -0.05) is 6.08 Å². The lowest BCUT2D eigenvalue weighted by molar-refractivity contribution is -0.129. The minimum absolute atomic E-state index is 0.0615. The Labute approximate surface area is 91.8 Å². The largest absolute Gasteiger partial charge is 0.390 e. The van der Waals surface area contributed by atoms with Gasteiger partial charge in [0.05, 0.1) is 5.60 Å². The summed E-state index contributed by atoms with van der Waals surface area (Å²) < 4.78 is 0. The van der Waals surface area contributed by atoms with Gasteiger partial charge in [-0.3, -0.25) is 4.79 Å². The Kier molecular flexibility index (Phi) is 3.91. The van der Waals surface area contributed by atoms with E-state index < -0.39 is 5.60 Å². The number of piperidine rings is 1. The first kappa shape index (κ1) is 12.2. The van der Waals surface area contributed by atoms with Gasteiger partial charge in [-0.05, 0) is 39.7 Å². The summed E-state index contributed by atoms with van der Waals surface area (Å²) in [7, 11) is 0. The summed E-state index contributed by atoms with van der Waals surface area (Å²) in [6.07, 6.45) is 5.34. The Bertz CT molecular complexity index is 253. The second-order valence-electron chi connectivity index (χ2n) is 4.78. The van der Waals surface area contributed by atoms with Crippen molar-refractivity contribution in [1.29, 1.82) is 0 Å². The number of carbonyl (C=O) groups excluding carboxylic acids is 1. The van der Waals surface area contributed by atoms with E-state index in [-0.39, 0.29) is 11.8 Å². The summed E-state index contributed by atoms with van der Waals surface area (Å²) in [5.74, 6) is 0.256. The third-order valence-electron chi connectivity index (χ3n) is 3.04. The molecule has 1 rings (SSSR count). The van der Waals surface area contributed by atoms with Crippen molar-refractivity contribution in [2.24, 2.45) is 5.92 Å². The van der Waals surface area contributed by atoms with E-state index in [4.69, 9.17) is 0 Å².